The average molecular weight is 417 g/mol. The number of rotatable bonds is 6. The van der Waals surface area contributed by atoms with Gasteiger partial charge in [-0.25, -0.2) is 0 Å². The van der Waals surface area contributed by atoms with E-state index in [0.29, 0.717) is 12.2 Å². The molecule has 0 spiro atoms. The monoisotopic (exact) mass is 417 g/mol. The Morgan fingerprint density at radius 1 is 1.03 bits per heavy atom. The summed E-state index contributed by atoms with van der Waals surface area (Å²) in [6.07, 6.45) is -2.66. The predicted octanol–water partition coefficient (Wildman–Crippen LogP) is 3.72. The van der Waals surface area contributed by atoms with Crippen molar-refractivity contribution < 1.29 is 17.9 Å². The lowest BCUT2D eigenvalue weighted by atomic mass is 9.74. The first-order valence-electron chi connectivity index (χ1n) is 9.75. The zero-order valence-electron chi connectivity index (χ0n) is 16.2. The molecule has 2 heterocycles. The number of halogens is 3. The minimum Gasteiger partial charge on any atom is -0.376 e. The number of aromatic nitrogens is 4. The standard InChI is InChI=1S/C21H22F3N5O/c22-21(23,24)18-11-15(10-16(12-18)19-26-28-29-27-19)13-30-14-20(6-8-25-9-7-20)17-4-2-1-3-5-17/h1-5,10-12,25H,6-9,13-14H2,(H,26,27,28,29). The van der Waals surface area contributed by atoms with Crippen LogP contribution in [0.15, 0.2) is 48.5 Å². The smallest absolute Gasteiger partial charge is 0.376 e. The predicted molar refractivity (Wildman–Crippen MR) is 104 cm³/mol. The lowest BCUT2D eigenvalue weighted by molar-refractivity contribution is -0.137. The number of benzene rings is 2. The van der Waals surface area contributed by atoms with Gasteiger partial charge in [0.2, 0.25) is 5.82 Å². The molecule has 30 heavy (non-hydrogen) atoms. The summed E-state index contributed by atoms with van der Waals surface area (Å²) >= 11 is 0. The molecule has 0 bridgehead atoms. The number of nitrogens with zero attached hydrogens (tertiary/aromatic N) is 3. The fraction of sp³-hybridized carbons (Fsp3) is 0.381. The number of hydrogen-bond acceptors (Lipinski definition) is 5. The van der Waals surface area contributed by atoms with E-state index in [1.54, 1.807) is 6.07 Å². The highest BCUT2D eigenvalue weighted by Crippen LogP contribution is 2.35. The number of alkyl halides is 3. The molecule has 1 saturated heterocycles. The fourth-order valence-corrected chi connectivity index (χ4v) is 3.93. The Labute approximate surface area is 171 Å². The van der Waals surface area contributed by atoms with Crippen molar-refractivity contribution in [1.82, 2.24) is 25.9 Å². The van der Waals surface area contributed by atoms with Gasteiger partial charge < -0.3 is 10.1 Å². The SMILES string of the molecule is FC(F)(F)c1cc(COCC2(c3ccccc3)CCNCC2)cc(-c2nn[nH]n2)c1. The van der Waals surface area contributed by atoms with E-state index < -0.39 is 11.7 Å². The van der Waals surface area contributed by atoms with E-state index in [0.717, 1.165) is 38.1 Å². The molecule has 0 unspecified atom stereocenters. The highest BCUT2D eigenvalue weighted by Gasteiger charge is 2.34. The molecular weight excluding hydrogens is 395 g/mol. The third kappa shape index (κ3) is 4.52. The molecule has 3 aromatic rings. The van der Waals surface area contributed by atoms with Crippen molar-refractivity contribution in [2.24, 2.45) is 0 Å². The minimum absolute atomic E-state index is 0.0663. The highest BCUT2D eigenvalue weighted by atomic mass is 19.4. The number of H-pyrrole nitrogens is 1. The minimum atomic E-state index is -4.48. The second kappa shape index (κ2) is 8.53. The first-order chi connectivity index (χ1) is 14.5. The Morgan fingerprint density at radius 3 is 2.47 bits per heavy atom. The average Bonchev–Trinajstić information content (AvgIpc) is 3.29. The van der Waals surface area contributed by atoms with Crippen molar-refractivity contribution in [2.75, 3.05) is 19.7 Å². The van der Waals surface area contributed by atoms with Gasteiger partial charge in [-0.3, -0.25) is 0 Å². The second-order valence-electron chi connectivity index (χ2n) is 7.54. The largest absolute Gasteiger partial charge is 0.416 e. The van der Waals surface area contributed by atoms with Crippen LogP contribution in [0.5, 0.6) is 0 Å². The first-order valence-corrected chi connectivity index (χ1v) is 9.75. The normalized spacial score (nSPS) is 16.5. The molecular formula is C21H22F3N5O. The fourth-order valence-electron chi connectivity index (χ4n) is 3.93. The van der Waals surface area contributed by atoms with Crippen molar-refractivity contribution in [1.29, 1.82) is 0 Å². The second-order valence-corrected chi connectivity index (χ2v) is 7.54. The van der Waals surface area contributed by atoms with Crippen LogP contribution in [0.2, 0.25) is 0 Å². The van der Waals surface area contributed by atoms with Crippen LogP contribution in [0, 0.1) is 0 Å². The zero-order chi connectivity index (χ0) is 21.0. The van der Waals surface area contributed by atoms with Gasteiger partial charge in [0.05, 0.1) is 18.8 Å². The van der Waals surface area contributed by atoms with Crippen LogP contribution in [0.1, 0.15) is 29.5 Å². The Hall–Kier alpha value is -2.78. The van der Waals surface area contributed by atoms with E-state index in [1.807, 2.05) is 18.2 Å². The third-order valence-corrected chi connectivity index (χ3v) is 5.52. The van der Waals surface area contributed by atoms with Crippen molar-refractivity contribution in [3.05, 3.63) is 65.2 Å². The van der Waals surface area contributed by atoms with Crippen LogP contribution in [0.3, 0.4) is 0 Å². The molecule has 158 valence electrons. The van der Waals surface area contributed by atoms with E-state index >= 15 is 0 Å². The van der Waals surface area contributed by atoms with Gasteiger partial charge in [0.15, 0.2) is 0 Å². The van der Waals surface area contributed by atoms with Crippen molar-refractivity contribution in [3.8, 4) is 11.4 Å². The maximum Gasteiger partial charge on any atom is 0.416 e. The number of nitrogens with one attached hydrogen (secondary N) is 2. The van der Waals surface area contributed by atoms with Gasteiger partial charge in [-0.15, -0.1) is 10.2 Å². The van der Waals surface area contributed by atoms with E-state index in [2.05, 4.69) is 38.1 Å². The van der Waals surface area contributed by atoms with E-state index in [9.17, 15) is 13.2 Å². The Bertz CT molecular complexity index is 955. The number of tetrazole rings is 1. The first kappa shape index (κ1) is 20.5. The number of piperidine rings is 1. The summed E-state index contributed by atoms with van der Waals surface area (Å²) in [7, 11) is 0. The molecule has 2 aromatic carbocycles. The summed E-state index contributed by atoms with van der Waals surface area (Å²) < 4.78 is 46.1. The van der Waals surface area contributed by atoms with E-state index in [1.165, 1.54) is 5.56 Å². The summed E-state index contributed by atoms with van der Waals surface area (Å²) in [5.74, 6) is 0.112. The number of ether oxygens (including phenoxy) is 1. The maximum absolute atomic E-state index is 13.4. The van der Waals surface area contributed by atoms with Crippen molar-refractivity contribution in [3.63, 3.8) is 0 Å². The molecule has 1 aliphatic rings. The summed E-state index contributed by atoms with van der Waals surface area (Å²) in [5.41, 5.74) is 0.953. The van der Waals surface area contributed by atoms with Crippen molar-refractivity contribution >= 4 is 0 Å². The molecule has 1 aromatic heterocycles. The molecule has 0 amide bonds. The summed E-state index contributed by atoms with van der Waals surface area (Å²) in [5, 5.41) is 16.6. The van der Waals surface area contributed by atoms with Gasteiger partial charge in [0, 0.05) is 11.0 Å². The number of hydrogen-bond donors (Lipinski definition) is 2. The number of aromatic amines is 1. The van der Waals surface area contributed by atoms with Crippen LogP contribution < -0.4 is 5.32 Å². The molecule has 4 rings (SSSR count). The van der Waals surface area contributed by atoms with Gasteiger partial charge in [-0.05, 0) is 60.5 Å². The molecule has 6 nitrogen and oxygen atoms in total. The Kier molecular flexibility index (Phi) is 5.83. The molecule has 0 radical (unpaired) electrons. The molecule has 0 atom stereocenters. The van der Waals surface area contributed by atoms with E-state index in [-0.39, 0.29) is 23.4 Å². The van der Waals surface area contributed by atoms with Crippen LogP contribution in [0.4, 0.5) is 13.2 Å². The van der Waals surface area contributed by atoms with Gasteiger partial charge in [-0.2, -0.15) is 18.4 Å². The van der Waals surface area contributed by atoms with Crippen LogP contribution in [-0.2, 0) is 22.9 Å². The topological polar surface area (TPSA) is 75.7 Å². The quantitative estimate of drug-likeness (QED) is 0.639. The van der Waals surface area contributed by atoms with Crippen LogP contribution in [0.25, 0.3) is 11.4 Å². The molecule has 1 fully saturated rings. The molecule has 2 N–H and O–H groups in total. The third-order valence-electron chi connectivity index (χ3n) is 5.52. The van der Waals surface area contributed by atoms with Crippen LogP contribution in [-0.4, -0.2) is 40.3 Å². The lowest BCUT2D eigenvalue weighted by Crippen LogP contribution is -2.43. The summed E-state index contributed by atoms with van der Waals surface area (Å²) in [4.78, 5) is 0. The molecule has 0 saturated carbocycles. The Balaban J connectivity index is 1.54. The summed E-state index contributed by atoms with van der Waals surface area (Å²) in [6.45, 7) is 2.26. The van der Waals surface area contributed by atoms with Gasteiger partial charge >= 0.3 is 6.18 Å². The van der Waals surface area contributed by atoms with Gasteiger partial charge in [0.1, 0.15) is 0 Å². The maximum atomic E-state index is 13.4. The van der Waals surface area contributed by atoms with Gasteiger partial charge in [-0.1, -0.05) is 30.3 Å². The zero-order valence-corrected chi connectivity index (χ0v) is 16.2. The van der Waals surface area contributed by atoms with Gasteiger partial charge in [0.25, 0.3) is 0 Å². The van der Waals surface area contributed by atoms with Crippen LogP contribution >= 0.6 is 0 Å². The Morgan fingerprint density at radius 2 is 1.80 bits per heavy atom. The van der Waals surface area contributed by atoms with E-state index in [4.69, 9.17) is 4.74 Å². The van der Waals surface area contributed by atoms with Crippen molar-refractivity contribution in [2.45, 2.75) is 31.0 Å². The highest BCUT2D eigenvalue weighted by molar-refractivity contribution is 5.57. The molecule has 9 heteroatoms. The lowest BCUT2D eigenvalue weighted by Gasteiger charge is -2.38. The molecule has 0 aliphatic carbocycles. The molecule has 1 aliphatic heterocycles. The summed E-state index contributed by atoms with van der Waals surface area (Å²) in [6, 6.07) is 13.9.